The number of hydrogen-bond acceptors (Lipinski definition) is 3. The summed E-state index contributed by atoms with van der Waals surface area (Å²) in [5, 5.41) is 5.79. The highest BCUT2D eigenvalue weighted by Gasteiger charge is 2.33. The van der Waals surface area contributed by atoms with Crippen molar-refractivity contribution in [3.8, 4) is 5.88 Å². The molecule has 0 radical (unpaired) electrons. The van der Waals surface area contributed by atoms with Gasteiger partial charge in [-0.25, -0.2) is 14.4 Å². The van der Waals surface area contributed by atoms with Crippen LogP contribution < -0.4 is 15.4 Å². The SMILES string of the molecule is CCNC(=NCc1ccc(OC)nc1)NCc1ccc(F)cc1C(F)(F)F. The number of hydrogen-bond donors (Lipinski definition) is 2. The molecule has 0 saturated heterocycles. The molecule has 0 saturated carbocycles. The minimum Gasteiger partial charge on any atom is -0.481 e. The van der Waals surface area contributed by atoms with Crippen LogP contribution in [0.25, 0.3) is 0 Å². The highest BCUT2D eigenvalue weighted by Crippen LogP contribution is 2.32. The van der Waals surface area contributed by atoms with Gasteiger partial charge in [-0.15, -0.1) is 0 Å². The Morgan fingerprint density at radius 2 is 1.96 bits per heavy atom. The van der Waals surface area contributed by atoms with Gasteiger partial charge in [0.05, 0.1) is 19.2 Å². The quantitative estimate of drug-likeness (QED) is 0.455. The molecule has 1 aromatic carbocycles. The highest BCUT2D eigenvalue weighted by molar-refractivity contribution is 5.79. The van der Waals surface area contributed by atoms with Crippen LogP contribution in [0.3, 0.4) is 0 Å². The normalized spacial score (nSPS) is 12.0. The number of benzene rings is 1. The van der Waals surface area contributed by atoms with Gasteiger partial charge in [-0.05, 0) is 30.2 Å². The summed E-state index contributed by atoms with van der Waals surface area (Å²) in [5.74, 6) is -0.117. The lowest BCUT2D eigenvalue weighted by Crippen LogP contribution is -2.37. The van der Waals surface area contributed by atoms with Crippen molar-refractivity contribution < 1.29 is 22.3 Å². The van der Waals surface area contributed by atoms with Gasteiger partial charge < -0.3 is 15.4 Å². The van der Waals surface area contributed by atoms with Crippen LogP contribution in [-0.2, 0) is 19.3 Å². The lowest BCUT2D eigenvalue weighted by molar-refractivity contribution is -0.138. The van der Waals surface area contributed by atoms with E-state index in [1.54, 1.807) is 18.3 Å². The van der Waals surface area contributed by atoms with Gasteiger partial charge in [-0.1, -0.05) is 12.1 Å². The van der Waals surface area contributed by atoms with Crippen LogP contribution in [0, 0.1) is 5.82 Å². The van der Waals surface area contributed by atoms with Gasteiger partial charge in [-0.3, -0.25) is 0 Å². The number of methoxy groups -OCH3 is 1. The average Bonchev–Trinajstić information content (AvgIpc) is 2.64. The Hall–Kier alpha value is -2.84. The third-order valence-corrected chi connectivity index (χ3v) is 3.59. The largest absolute Gasteiger partial charge is 0.481 e. The van der Waals surface area contributed by atoms with Gasteiger partial charge in [0.2, 0.25) is 5.88 Å². The molecule has 5 nitrogen and oxygen atoms in total. The molecule has 0 aliphatic carbocycles. The molecule has 0 aliphatic heterocycles. The second kappa shape index (κ2) is 9.20. The number of nitrogens with zero attached hydrogens (tertiary/aromatic N) is 2. The van der Waals surface area contributed by atoms with E-state index in [4.69, 9.17) is 4.74 Å². The molecule has 0 aliphatic rings. The Bertz CT molecular complexity index is 776. The summed E-state index contributed by atoms with van der Waals surface area (Å²) in [6.45, 7) is 2.50. The maximum Gasteiger partial charge on any atom is 0.416 e. The number of alkyl halides is 3. The van der Waals surface area contributed by atoms with Gasteiger partial charge in [0.15, 0.2) is 5.96 Å². The lowest BCUT2D eigenvalue weighted by Gasteiger charge is -2.15. The molecule has 1 aromatic heterocycles. The predicted octanol–water partition coefficient (Wildman–Crippen LogP) is 3.50. The molecule has 0 amide bonds. The first-order chi connectivity index (χ1) is 12.8. The van der Waals surface area contributed by atoms with E-state index in [0.29, 0.717) is 24.5 Å². The Labute approximate surface area is 154 Å². The maximum absolute atomic E-state index is 13.2. The zero-order valence-corrected chi connectivity index (χ0v) is 14.9. The highest BCUT2D eigenvalue weighted by atomic mass is 19.4. The molecular formula is C18H20F4N4O. The summed E-state index contributed by atoms with van der Waals surface area (Å²) in [7, 11) is 1.51. The van der Waals surface area contributed by atoms with Crippen LogP contribution in [0.1, 0.15) is 23.6 Å². The topological polar surface area (TPSA) is 58.5 Å². The third kappa shape index (κ3) is 6.12. The number of guanidine groups is 1. The molecule has 1 heterocycles. The number of ether oxygens (including phenoxy) is 1. The van der Waals surface area contributed by atoms with E-state index in [0.717, 1.165) is 17.7 Å². The Morgan fingerprint density at radius 3 is 2.56 bits per heavy atom. The molecule has 146 valence electrons. The van der Waals surface area contributed by atoms with Crippen molar-refractivity contribution in [1.82, 2.24) is 15.6 Å². The second-order valence-electron chi connectivity index (χ2n) is 5.56. The van der Waals surface area contributed by atoms with E-state index >= 15 is 0 Å². The van der Waals surface area contributed by atoms with Gasteiger partial charge in [0.1, 0.15) is 5.82 Å². The summed E-state index contributed by atoms with van der Waals surface area (Å²) in [6.07, 6.45) is -3.03. The minimum atomic E-state index is -4.64. The molecule has 27 heavy (non-hydrogen) atoms. The number of pyridine rings is 1. The molecule has 0 spiro atoms. The first-order valence-electron chi connectivity index (χ1n) is 8.20. The molecule has 2 rings (SSSR count). The number of aliphatic imine (C=N–C) groups is 1. The van der Waals surface area contributed by atoms with E-state index in [1.165, 1.54) is 7.11 Å². The monoisotopic (exact) mass is 384 g/mol. The Kier molecular flexibility index (Phi) is 6.98. The fourth-order valence-corrected chi connectivity index (χ4v) is 2.28. The van der Waals surface area contributed by atoms with Crippen LogP contribution in [0.15, 0.2) is 41.5 Å². The minimum absolute atomic E-state index is 0.0689. The molecule has 0 fully saturated rings. The summed E-state index contributed by atoms with van der Waals surface area (Å²) in [5.41, 5.74) is -0.267. The van der Waals surface area contributed by atoms with E-state index < -0.39 is 17.6 Å². The van der Waals surface area contributed by atoms with Crippen molar-refractivity contribution in [3.63, 3.8) is 0 Å². The molecule has 0 atom stereocenters. The lowest BCUT2D eigenvalue weighted by atomic mass is 10.1. The third-order valence-electron chi connectivity index (χ3n) is 3.59. The van der Waals surface area contributed by atoms with Crippen LogP contribution in [-0.4, -0.2) is 24.6 Å². The first kappa shape index (κ1) is 20.5. The van der Waals surface area contributed by atoms with Gasteiger partial charge in [0, 0.05) is 25.4 Å². The van der Waals surface area contributed by atoms with Crippen LogP contribution in [0.5, 0.6) is 5.88 Å². The number of nitrogens with one attached hydrogen (secondary N) is 2. The molecule has 0 unspecified atom stereocenters. The predicted molar refractivity (Wildman–Crippen MR) is 93.8 cm³/mol. The number of halogens is 4. The van der Waals surface area contributed by atoms with Crippen molar-refractivity contribution in [3.05, 3.63) is 59.0 Å². The van der Waals surface area contributed by atoms with Gasteiger partial charge >= 0.3 is 6.18 Å². The number of rotatable bonds is 6. The van der Waals surface area contributed by atoms with Crippen molar-refractivity contribution in [2.75, 3.05) is 13.7 Å². The zero-order chi connectivity index (χ0) is 19.9. The van der Waals surface area contributed by atoms with Crippen molar-refractivity contribution in [2.24, 2.45) is 4.99 Å². The van der Waals surface area contributed by atoms with E-state index in [2.05, 4.69) is 20.6 Å². The summed E-state index contributed by atoms with van der Waals surface area (Å²) in [6, 6.07) is 6.09. The summed E-state index contributed by atoms with van der Waals surface area (Å²) in [4.78, 5) is 8.39. The van der Waals surface area contributed by atoms with Crippen molar-refractivity contribution >= 4 is 5.96 Å². The summed E-state index contributed by atoms with van der Waals surface area (Å²) >= 11 is 0. The van der Waals surface area contributed by atoms with Crippen LogP contribution in [0.2, 0.25) is 0 Å². The van der Waals surface area contributed by atoms with Crippen molar-refractivity contribution in [1.29, 1.82) is 0 Å². The molecular weight excluding hydrogens is 364 g/mol. The smallest absolute Gasteiger partial charge is 0.416 e. The molecule has 2 N–H and O–H groups in total. The second-order valence-corrected chi connectivity index (χ2v) is 5.56. The Balaban J connectivity index is 2.10. The average molecular weight is 384 g/mol. The summed E-state index contributed by atoms with van der Waals surface area (Å²) < 4.78 is 57.4. The van der Waals surface area contributed by atoms with Crippen LogP contribution >= 0.6 is 0 Å². The fourth-order valence-electron chi connectivity index (χ4n) is 2.28. The zero-order valence-electron chi connectivity index (χ0n) is 14.9. The van der Waals surface area contributed by atoms with E-state index in [9.17, 15) is 17.6 Å². The Morgan fingerprint density at radius 1 is 1.19 bits per heavy atom. The standard InChI is InChI=1S/C18H20F4N4O/c1-3-23-17(25-10-12-4-7-16(27-2)24-9-12)26-11-13-5-6-14(19)8-15(13)18(20,21)22/h4-9H,3,10-11H2,1-2H3,(H2,23,25,26). The van der Waals surface area contributed by atoms with E-state index in [-0.39, 0.29) is 18.7 Å². The van der Waals surface area contributed by atoms with Crippen LogP contribution in [0.4, 0.5) is 17.6 Å². The van der Waals surface area contributed by atoms with Crippen molar-refractivity contribution in [2.45, 2.75) is 26.2 Å². The molecule has 9 heteroatoms. The van der Waals surface area contributed by atoms with Gasteiger partial charge in [0.25, 0.3) is 0 Å². The fraction of sp³-hybridized carbons (Fsp3) is 0.333. The number of aromatic nitrogens is 1. The van der Waals surface area contributed by atoms with Gasteiger partial charge in [-0.2, -0.15) is 13.2 Å². The molecule has 0 bridgehead atoms. The first-order valence-corrected chi connectivity index (χ1v) is 8.20. The maximum atomic E-state index is 13.2. The van der Waals surface area contributed by atoms with E-state index in [1.807, 2.05) is 6.92 Å². The molecule has 2 aromatic rings.